The Labute approximate surface area is 158 Å². The maximum absolute atomic E-state index is 12.3. The molecule has 0 amide bonds. The smallest absolute Gasteiger partial charge is 0.313 e. The molecule has 0 bridgehead atoms. The summed E-state index contributed by atoms with van der Waals surface area (Å²) in [6.07, 6.45) is -1.42. The quantitative estimate of drug-likeness (QED) is 0.337. The van der Waals surface area contributed by atoms with Gasteiger partial charge in [-0.2, -0.15) is 0 Å². The lowest BCUT2D eigenvalue weighted by molar-refractivity contribution is -0.790. The highest BCUT2D eigenvalue weighted by atomic mass is 17.0. The molecule has 11 nitrogen and oxygen atoms in total. The van der Waals surface area contributed by atoms with Gasteiger partial charge in [-0.1, -0.05) is 24.3 Å². The van der Waals surface area contributed by atoms with Crippen molar-refractivity contribution in [3.63, 3.8) is 0 Å². The van der Waals surface area contributed by atoms with E-state index in [0.717, 1.165) is 10.8 Å². The summed E-state index contributed by atoms with van der Waals surface area (Å²) < 4.78 is 10.2. The van der Waals surface area contributed by atoms with Crippen LogP contribution in [-0.2, 0) is 19.2 Å². The SMILES string of the molecule is COc1ccc2cc([C@H](C)C(=O)OCC(CO[N+](=O)[O-])O[N+](=O)[O-])ccc2c1. The van der Waals surface area contributed by atoms with Crippen LogP contribution in [0, 0.1) is 20.2 Å². The number of hydrogen-bond donors (Lipinski definition) is 0. The summed E-state index contributed by atoms with van der Waals surface area (Å²) in [6.45, 7) is 0.306. The minimum Gasteiger partial charge on any atom is -0.497 e. The number of nitrogens with zero attached hydrogens (tertiary/aromatic N) is 2. The second-order valence-corrected chi connectivity index (χ2v) is 5.79. The van der Waals surface area contributed by atoms with Gasteiger partial charge in [-0.15, -0.1) is 20.2 Å². The van der Waals surface area contributed by atoms with Gasteiger partial charge in [-0.05, 0) is 35.4 Å². The Morgan fingerprint density at radius 1 is 1.04 bits per heavy atom. The third-order valence-electron chi connectivity index (χ3n) is 3.94. The van der Waals surface area contributed by atoms with Gasteiger partial charge in [0.2, 0.25) is 0 Å². The van der Waals surface area contributed by atoms with Crippen molar-refractivity contribution in [3.8, 4) is 5.75 Å². The Morgan fingerprint density at radius 2 is 1.71 bits per heavy atom. The number of esters is 1. The highest BCUT2D eigenvalue weighted by Gasteiger charge is 2.22. The summed E-state index contributed by atoms with van der Waals surface area (Å²) in [7, 11) is 1.57. The van der Waals surface area contributed by atoms with Crippen LogP contribution in [0.25, 0.3) is 10.8 Å². The van der Waals surface area contributed by atoms with Gasteiger partial charge in [0.25, 0.3) is 10.2 Å². The Hall–Kier alpha value is -3.63. The number of hydrogen-bond acceptors (Lipinski definition) is 9. The predicted molar refractivity (Wildman–Crippen MR) is 94.7 cm³/mol. The van der Waals surface area contributed by atoms with Gasteiger partial charge in [0, 0.05) is 0 Å². The number of methoxy groups -OCH3 is 1. The molecule has 150 valence electrons. The first-order chi connectivity index (χ1) is 13.3. The molecule has 2 rings (SSSR count). The number of rotatable bonds is 10. The second-order valence-electron chi connectivity index (χ2n) is 5.79. The van der Waals surface area contributed by atoms with Crippen molar-refractivity contribution >= 4 is 16.7 Å². The molecule has 0 radical (unpaired) electrons. The number of fused-ring (bicyclic) bond motifs is 1. The van der Waals surface area contributed by atoms with Gasteiger partial charge in [-0.3, -0.25) is 4.79 Å². The molecule has 1 unspecified atom stereocenters. The van der Waals surface area contributed by atoms with Crippen LogP contribution in [0.1, 0.15) is 18.4 Å². The first-order valence-corrected chi connectivity index (χ1v) is 8.13. The van der Waals surface area contributed by atoms with Crippen LogP contribution in [0.5, 0.6) is 5.75 Å². The van der Waals surface area contributed by atoms with Crippen molar-refractivity contribution in [1.29, 1.82) is 0 Å². The van der Waals surface area contributed by atoms with E-state index in [4.69, 9.17) is 9.47 Å². The minimum absolute atomic E-state index is 0.567. The summed E-state index contributed by atoms with van der Waals surface area (Å²) in [5.74, 6) is -0.619. The fourth-order valence-electron chi connectivity index (χ4n) is 2.45. The molecule has 2 aromatic rings. The average molecular weight is 394 g/mol. The molecule has 0 fully saturated rings. The molecule has 0 N–H and O–H groups in total. The van der Waals surface area contributed by atoms with Gasteiger partial charge < -0.3 is 19.1 Å². The molecule has 28 heavy (non-hydrogen) atoms. The van der Waals surface area contributed by atoms with E-state index in [2.05, 4.69) is 9.68 Å². The third kappa shape index (κ3) is 5.69. The Kier molecular flexibility index (Phi) is 6.90. The zero-order chi connectivity index (χ0) is 20.7. The Balaban J connectivity index is 2.03. The molecule has 0 aliphatic rings. The normalized spacial score (nSPS) is 12.6. The molecule has 2 aromatic carbocycles. The first kappa shape index (κ1) is 20.7. The summed E-state index contributed by atoms with van der Waals surface area (Å²) in [5.41, 5.74) is 0.677. The molecule has 0 heterocycles. The van der Waals surface area contributed by atoms with E-state index < -0.39 is 41.4 Å². The van der Waals surface area contributed by atoms with Crippen molar-refractivity contribution in [1.82, 2.24) is 0 Å². The van der Waals surface area contributed by atoms with Crippen molar-refractivity contribution in [3.05, 3.63) is 62.2 Å². The Bertz CT molecular complexity index is 871. The highest BCUT2D eigenvalue weighted by molar-refractivity contribution is 5.86. The fourth-order valence-corrected chi connectivity index (χ4v) is 2.45. The molecule has 11 heteroatoms. The zero-order valence-corrected chi connectivity index (χ0v) is 15.1. The van der Waals surface area contributed by atoms with Crippen LogP contribution in [0.15, 0.2) is 36.4 Å². The van der Waals surface area contributed by atoms with E-state index in [-0.39, 0.29) is 0 Å². The Morgan fingerprint density at radius 3 is 2.36 bits per heavy atom. The van der Waals surface area contributed by atoms with Gasteiger partial charge in [0.15, 0.2) is 6.10 Å². The number of ether oxygens (including phenoxy) is 2. The van der Waals surface area contributed by atoms with Gasteiger partial charge >= 0.3 is 5.97 Å². The molecule has 0 saturated heterocycles. The number of carbonyl (C=O) groups excluding carboxylic acids is 1. The third-order valence-corrected chi connectivity index (χ3v) is 3.94. The summed E-state index contributed by atoms with van der Waals surface area (Å²) in [5, 5.41) is 20.2. The van der Waals surface area contributed by atoms with Crippen LogP contribution in [0.2, 0.25) is 0 Å². The van der Waals surface area contributed by atoms with E-state index in [0.29, 0.717) is 11.3 Å². The van der Waals surface area contributed by atoms with Gasteiger partial charge in [0.05, 0.1) is 13.0 Å². The first-order valence-electron chi connectivity index (χ1n) is 8.13. The molecular formula is C17H18N2O9. The largest absolute Gasteiger partial charge is 0.497 e. The van der Waals surface area contributed by atoms with Crippen LogP contribution < -0.4 is 4.74 Å². The molecule has 0 aliphatic heterocycles. The van der Waals surface area contributed by atoms with Crippen LogP contribution >= 0.6 is 0 Å². The summed E-state index contributed by atoms with van der Waals surface area (Å²) in [6, 6.07) is 10.9. The van der Waals surface area contributed by atoms with E-state index in [9.17, 15) is 25.0 Å². The van der Waals surface area contributed by atoms with Gasteiger partial charge in [-0.25, -0.2) is 0 Å². The molecule has 2 atom stereocenters. The lowest BCUT2D eigenvalue weighted by atomic mass is 9.98. The van der Waals surface area contributed by atoms with Crippen molar-refractivity contribution < 1.29 is 34.1 Å². The van der Waals surface area contributed by atoms with E-state index in [1.807, 2.05) is 24.3 Å². The fraction of sp³-hybridized carbons (Fsp3) is 0.353. The summed E-state index contributed by atoms with van der Waals surface area (Å²) >= 11 is 0. The maximum atomic E-state index is 12.3. The van der Waals surface area contributed by atoms with E-state index >= 15 is 0 Å². The van der Waals surface area contributed by atoms with Crippen LogP contribution in [-0.4, -0.2) is 42.6 Å². The van der Waals surface area contributed by atoms with Crippen LogP contribution in [0.3, 0.4) is 0 Å². The number of benzene rings is 2. The molecular weight excluding hydrogens is 376 g/mol. The standard InChI is InChI=1S/C17H18N2O9/c1-11(12-3-4-14-8-15(25-2)6-5-13(14)7-12)17(20)26-9-16(28-19(23)24)10-27-18(21)22/h3-8,11,16H,9-10H2,1-2H3/t11-,16?/m0/s1. The minimum atomic E-state index is -1.42. The maximum Gasteiger partial charge on any atom is 0.313 e. The summed E-state index contributed by atoms with van der Waals surface area (Å²) in [4.78, 5) is 41.2. The van der Waals surface area contributed by atoms with Crippen molar-refractivity contribution in [2.75, 3.05) is 20.3 Å². The molecule has 0 saturated carbocycles. The molecule has 0 spiro atoms. The monoisotopic (exact) mass is 394 g/mol. The van der Waals surface area contributed by atoms with Gasteiger partial charge in [0.1, 0.15) is 19.0 Å². The second kappa shape index (κ2) is 9.35. The molecule has 0 aliphatic carbocycles. The number of carbonyl (C=O) groups is 1. The highest BCUT2D eigenvalue weighted by Crippen LogP contribution is 2.25. The van der Waals surface area contributed by atoms with E-state index in [1.54, 1.807) is 26.2 Å². The predicted octanol–water partition coefficient (Wildman–Crippen LogP) is 2.28. The van der Waals surface area contributed by atoms with Crippen molar-refractivity contribution in [2.24, 2.45) is 0 Å². The van der Waals surface area contributed by atoms with Crippen molar-refractivity contribution in [2.45, 2.75) is 18.9 Å². The lowest BCUT2D eigenvalue weighted by Crippen LogP contribution is -2.31. The van der Waals surface area contributed by atoms with E-state index in [1.165, 1.54) is 0 Å². The topological polar surface area (TPSA) is 140 Å². The molecule has 0 aromatic heterocycles. The average Bonchev–Trinajstić information content (AvgIpc) is 2.67. The zero-order valence-electron chi connectivity index (χ0n) is 15.1. The van der Waals surface area contributed by atoms with Crippen LogP contribution in [0.4, 0.5) is 0 Å². The lowest BCUT2D eigenvalue weighted by Gasteiger charge is -2.17.